The SMILES string of the molecule is CCn1c(=O)c(-c2noc(CCC(=O)NCc3ccc(F)cc3)n2)nn(-c2ccccc2)c1=O. The summed E-state index contributed by atoms with van der Waals surface area (Å²) in [5, 5.41) is 10.7. The van der Waals surface area contributed by atoms with E-state index in [9.17, 15) is 18.8 Å². The second-order valence-corrected chi connectivity index (χ2v) is 7.34. The molecule has 2 aromatic heterocycles. The Morgan fingerprint density at radius 2 is 1.82 bits per heavy atom. The summed E-state index contributed by atoms with van der Waals surface area (Å²) in [4.78, 5) is 41.8. The molecule has 0 atom stereocenters. The van der Waals surface area contributed by atoms with Crippen LogP contribution in [-0.2, 0) is 24.3 Å². The Hall–Kier alpha value is -4.41. The lowest BCUT2D eigenvalue weighted by Crippen LogP contribution is -2.41. The van der Waals surface area contributed by atoms with Crippen molar-refractivity contribution >= 4 is 5.91 Å². The minimum atomic E-state index is -0.635. The fraction of sp³-hybridized carbons (Fsp3) is 0.217. The summed E-state index contributed by atoms with van der Waals surface area (Å²) in [6.07, 6.45) is 0.210. The number of amides is 1. The topological polar surface area (TPSA) is 125 Å². The molecule has 1 N–H and O–H groups in total. The van der Waals surface area contributed by atoms with Crippen LogP contribution in [-0.4, -0.2) is 30.4 Å². The lowest BCUT2D eigenvalue weighted by molar-refractivity contribution is -0.121. The summed E-state index contributed by atoms with van der Waals surface area (Å²) in [5.41, 5.74) is -0.103. The van der Waals surface area contributed by atoms with Crippen LogP contribution in [0.5, 0.6) is 0 Å². The van der Waals surface area contributed by atoms with Gasteiger partial charge in [-0.05, 0) is 36.8 Å². The lowest BCUT2D eigenvalue weighted by atomic mass is 10.2. The first-order valence-electron chi connectivity index (χ1n) is 10.6. The molecule has 0 unspecified atom stereocenters. The van der Waals surface area contributed by atoms with Gasteiger partial charge in [-0.15, -0.1) is 0 Å². The van der Waals surface area contributed by atoms with Gasteiger partial charge < -0.3 is 9.84 Å². The van der Waals surface area contributed by atoms with Crippen LogP contribution in [0.3, 0.4) is 0 Å². The van der Waals surface area contributed by atoms with Crippen molar-refractivity contribution < 1.29 is 13.7 Å². The number of carbonyl (C=O) groups is 1. The second-order valence-electron chi connectivity index (χ2n) is 7.34. The first-order chi connectivity index (χ1) is 16.5. The van der Waals surface area contributed by atoms with Crippen LogP contribution in [0.4, 0.5) is 4.39 Å². The molecule has 0 bridgehead atoms. The van der Waals surface area contributed by atoms with Crippen molar-refractivity contribution in [3.8, 4) is 17.2 Å². The van der Waals surface area contributed by atoms with Crippen LogP contribution in [0.25, 0.3) is 17.2 Å². The van der Waals surface area contributed by atoms with Gasteiger partial charge in [0.05, 0.1) is 5.69 Å². The molecule has 10 nitrogen and oxygen atoms in total. The van der Waals surface area contributed by atoms with E-state index in [0.717, 1.165) is 14.8 Å². The van der Waals surface area contributed by atoms with E-state index < -0.39 is 11.2 Å². The summed E-state index contributed by atoms with van der Waals surface area (Å²) < 4.78 is 20.3. The lowest BCUT2D eigenvalue weighted by Gasteiger charge is -2.09. The molecule has 174 valence electrons. The summed E-state index contributed by atoms with van der Waals surface area (Å²) in [7, 11) is 0. The Kier molecular flexibility index (Phi) is 6.72. The molecular weight excluding hydrogens is 443 g/mol. The van der Waals surface area contributed by atoms with Gasteiger partial charge in [-0.3, -0.25) is 14.2 Å². The monoisotopic (exact) mass is 464 g/mol. The van der Waals surface area contributed by atoms with Gasteiger partial charge in [-0.2, -0.15) is 14.8 Å². The van der Waals surface area contributed by atoms with Gasteiger partial charge in [0.2, 0.25) is 17.6 Å². The highest BCUT2D eigenvalue weighted by Crippen LogP contribution is 2.11. The van der Waals surface area contributed by atoms with E-state index >= 15 is 0 Å². The van der Waals surface area contributed by atoms with Crippen molar-refractivity contribution in [2.24, 2.45) is 0 Å². The fourth-order valence-electron chi connectivity index (χ4n) is 3.24. The van der Waals surface area contributed by atoms with Gasteiger partial charge >= 0.3 is 5.69 Å². The average Bonchev–Trinajstić information content (AvgIpc) is 3.32. The zero-order valence-electron chi connectivity index (χ0n) is 18.3. The predicted octanol–water partition coefficient (Wildman–Crippen LogP) is 1.85. The number of hydrogen-bond donors (Lipinski definition) is 1. The quantitative estimate of drug-likeness (QED) is 0.422. The minimum Gasteiger partial charge on any atom is -0.352 e. The number of halogens is 1. The Morgan fingerprint density at radius 3 is 2.53 bits per heavy atom. The Labute approximate surface area is 192 Å². The van der Waals surface area contributed by atoms with Crippen LogP contribution in [0, 0.1) is 5.82 Å². The van der Waals surface area contributed by atoms with Gasteiger partial charge in [0, 0.05) is 25.9 Å². The standard InChI is InChI=1S/C23H21FN6O4/c1-2-29-22(32)20(27-30(23(29)33)17-6-4-3-5-7-17)21-26-19(34-28-21)13-12-18(31)25-14-15-8-10-16(24)11-9-15/h3-11H,2,12-14H2,1H3,(H,25,31). The molecule has 1 amide bonds. The zero-order valence-corrected chi connectivity index (χ0v) is 18.3. The fourth-order valence-corrected chi connectivity index (χ4v) is 3.24. The van der Waals surface area contributed by atoms with Crippen LogP contribution < -0.4 is 16.6 Å². The molecule has 0 fully saturated rings. The van der Waals surface area contributed by atoms with E-state index in [0.29, 0.717) is 5.69 Å². The Balaban J connectivity index is 1.49. The number of aryl methyl sites for hydroxylation is 1. The number of carbonyl (C=O) groups excluding carboxylic acids is 1. The van der Waals surface area contributed by atoms with Crippen molar-refractivity contribution in [1.29, 1.82) is 0 Å². The van der Waals surface area contributed by atoms with E-state index in [1.807, 2.05) is 0 Å². The molecule has 2 aromatic carbocycles. The van der Waals surface area contributed by atoms with Crippen molar-refractivity contribution in [2.75, 3.05) is 0 Å². The van der Waals surface area contributed by atoms with E-state index in [-0.39, 0.29) is 55.1 Å². The molecule has 4 aromatic rings. The van der Waals surface area contributed by atoms with Crippen molar-refractivity contribution in [2.45, 2.75) is 32.9 Å². The van der Waals surface area contributed by atoms with Gasteiger partial charge in [0.25, 0.3) is 5.56 Å². The second kappa shape index (κ2) is 10.0. The zero-order chi connectivity index (χ0) is 24.1. The molecule has 0 radical (unpaired) electrons. The number of nitrogens with zero attached hydrogens (tertiary/aromatic N) is 5. The summed E-state index contributed by atoms with van der Waals surface area (Å²) in [6.45, 7) is 2.07. The largest absolute Gasteiger partial charge is 0.352 e. The van der Waals surface area contributed by atoms with Gasteiger partial charge in [0.1, 0.15) is 5.82 Å². The number of aromatic nitrogens is 5. The highest BCUT2D eigenvalue weighted by Gasteiger charge is 2.20. The van der Waals surface area contributed by atoms with Crippen LogP contribution >= 0.6 is 0 Å². The molecule has 0 aliphatic carbocycles. The van der Waals surface area contributed by atoms with Gasteiger partial charge in [-0.1, -0.05) is 35.5 Å². The number of benzene rings is 2. The van der Waals surface area contributed by atoms with Gasteiger partial charge in [0.15, 0.2) is 5.69 Å². The van der Waals surface area contributed by atoms with Crippen molar-refractivity contribution in [3.05, 3.63) is 92.7 Å². The van der Waals surface area contributed by atoms with Crippen LogP contribution in [0.1, 0.15) is 24.8 Å². The third kappa shape index (κ3) is 4.98. The van der Waals surface area contributed by atoms with Crippen LogP contribution in [0.2, 0.25) is 0 Å². The number of para-hydroxylation sites is 1. The predicted molar refractivity (Wildman–Crippen MR) is 120 cm³/mol. The Bertz CT molecular complexity index is 1410. The maximum atomic E-state index is 13.0. The molecule has 2 heterocycles. The smallest absolute Gasteiger partial charge is 0.352 e. The van der Waals surface area contributed by atoms with Crippen LogP contribution in [0.15, 0.2) is 68.7 Å². The van der Waals surface area contributed by atoms with E-state index in [1.165, 1.54) is 12.1 Å². The summed E-state index contributed by atoms with van der Waals surface area (Å²) in [6, 6.07) is 14.5. The first kappa shape index (κ1) is 22.8. The summed E-state index contributed by atoms with van der Waals surface area (Å²) >= 11 is 0. The van der Waals surface area contributed by atoms with E-state index in [1.54, 1.807) is 49.4 Å². The first-order valence-corrected chi connectivity index (χ1v) is 10.6. The molecule has 0 spiro atoms. The number of nitrogens with one attached hydrogen (secondary N) is 1. The molecule has 0 saturated heterocycles. The molecule has 4 rings (SSSR count). The summed E-state index contributed by atoms with van der Waals surface area (Å²) in [5.74, 6) is -0.526. The molecule has 0 aliphatic rings. The van der Waals surface area contributed by atoms with E-state index in [4.69, 9.17) is 4.52 Å². The minimum absolute atomic E-state index is 0.0684. The van der Waals surface area contributed by atoms with Crippen molar-refractivity contribution in [1.82, 2.24) is 29.8 Å². The van der Waals surface area contributed by atoms with E-state index in [2.05, 4.69) is 20.6 Å². The number of hydrogen-bond acceptors (Lipinski definition) is 7. The molecular formula is C23H21FN6O4. The van der Waals surface area contributed by atoms with Gasteiger partial charge in [-0.25, -0.2) is 9.18 Å². The Morgan fingerprint density at radius 1 is 1.09 bits per heavy atom. The maximum absolute atomic E-state index is 13.0. The molecule has 11 heteroatoms. The molecule has 34 heavy (non-hydrogen) atoms. The average molecular weight is 464 g/mol. The third-order valence-corrected chi connectivity index (χ3v) is 5.03. The van der Waals surface area contributed by atoms with Crippen molar-refractivity contribution in [3.63, 3.8) is 0 Å². The maximum Gasteiger partial charge on any atom is 0.352 e. The highest BCUT2D eigenvalue weighted by molar-refractivity contribution is 5.76. The normalized spacial score (nSPS) is 10.9. The number of rotatable bonds is 8. The molecule has 0 saturated carbocycles. The molecule has 0 aliphatic heterocycles. The third-order valence-electron chi connectivity index (χ3n) is 5.03. The highest BCUT2D eigenvalue weighted by atomic mass is 19.1.